The fraction of sp³-hybridized carbons (Fsp3) is 0.217. The van der Waals surface area contributed by atoms with E-state index in [1.54, 1.807) is 17.7 Å². The molecule has 0 spiro atoms. The highest BCUT2D eigenvalue weighted by Crippen LogP contribution is 2.41. The van der Waals surface area contributed by atoms with Crippen LogP contribution in [0.4, 0.5) is 11.5 Å². The van der Waals surface area contributed by atoms with Crippen molar-refractivity contribution in [2.24, 2.45) is 0 Å². The number of hydrogen-bond donors (Lipinski definition) is 1. The predicted octanol–water partition coefficient (Wildman–Crippen LogP) is 6.64. The first-order valence-electron chi connectivity index (χ1n) is 9.10. The van der Waals surface area contributed by atoms with Crippen molar-refractivity contribution >= 4 is 33.1 Å². The Morgan fingerprint density at radius 1 is 0.815 bits per heavy atom. The highest BCUT2D eigenvalue weighted by molar-refractivity contribution is 7.19. The van der Waals surface area contributed by atoms with Gasteiger partial charge in [-0.3, -0.25) is 0 Å². The molecule has 0 aliphatic heterocycles. The van der Waals surface area contributed by atoms with Gasteiger partial charge in [0.25, 0.3) is 0 Å². The first kappa shape index (κ1) is 17.7. The minimum absolute atomic E-state index is 0.867. The fourth-order valence-electron chi connectivity index (χ4n) is 3.38. The molecule has 136 valence electrons. The second kappa shape index (κ2) is 6.78. The number of rotatable bonds is 3. The van der Waals surface area contributed by atoms with Crippen molar-refractivity contribution in [2.45, 2.75) is 34.6 Å². The van der Waals surface area contributed by atoms with E-state index in [9.17, 15) is 0 Å². The number of nitrogens with zero attached hydrogens (tertiary/aromatic N) is 2. The summed E-state index contributed by atoms with van der Waals surface area (Å²) in [4.78, 5) is 11.4. The summed E-state index contributed by atoms with van der Waals surface area (Å²) in [7, 11) is 0. The Morgan fingerprint density at radius 3 is 2.37 bits per heavy atom. The van der Waals surface area contributed by atoms with Gasteiger partial charge in [0, 0.05) is 16.1 Å². The van der Waals surface area contributed by atoms with Gasteiger partial charge in [-0.05, 0) is 68.5 Å². The molecule has 4 aromatic rings. The number of hydrogen-bond acceptors (Lipinski definition) is 4. The monoisotopic (exact) mass is 373 g/mol. The third-order valence-electron chi connectivity index (χ3n) is 5.11. The highest BCUT2D eigenvalue weighted by Gasteiger charge is 2.17. The Hall–Kier alpha value is -2.72. The van der Waals surface area contributed by atoms with Gasteiger partial charge in [0.1, 0.15) is 17.0 Å². The summed E-state index contributed by atoms with van der Waals surface area (Å²) < 4.78 is 0. The smallest absolute Gasteiger partial charge is 0.143 e. The number of aryl methyl sites for hydroxylation is 5. The number of anilines is 2. The molecule has 0 aliphatic rings. The van der Waals surface area contributed by atoms with E-state index in [-0.39, 0.29) is 0 Å². The van der Waals surface area contributed by atoms with Crippen LogP contribution in [0.15, 0.2) is 42.7 Å². The van der Waals surface area contributed by atoms with Crippen LogP contribution in [0.3, 0.4) is 0 Å². The molecule has 2 aromatic heterocycles. The standard InChI is InChI=1S/C23H23N3S/c1-13-6-7-15(3)19(10-13)26-22-21-20(17(5)27-23(21)25-12-24-22)18-9-8-14(2)16(4)11-18/h6-12H,1-5H3,(H,24,25,26). The summed E-state index contributed by atoms with van der Waals surface area (Å²) in [5.74, 6) is 0.867. The second-order valence-corrected chi connectivity index (χ2v) is 8.38. The first-order chi connectivity index (χ1) is 12.9. The number of benzene rings is 2. The summed E-state index contributed by atoms with van der Waals surface area (Å²) in [6, 6.07) is 13.1. The predicted molar refractivity (Wildman–Crippen MR) is 116 cm³/mol. The Bertz CT molecular complexity index is 1160. The molecule has 0 atom stereocenters. The van der Waals surface area contributed by atoms with Gasteiger partial charge in [0.05, 0.1) is 5.39 Å². The van der Waals surface area contributed by atoms with Crippen molar-refractivity contribution in [3.05, 3.63) is 69.9 Å². The van der Waals surface area contributed by atoms with E-state index in [2.05, 4.69) is 86.3 Å². The molecule has 1 N–H and O–H groups in total. The largest absolute Gasteiger partial charge is 0.339 e. The maximum Gasteiger partial charge on any atom is 0.143 e. The maximum atomic E-state index is 4.60. The van der Waals surface area contributed by atoms with Crippen molar-refractivity contribution in [3.63, 3.8) is 0 Å². The molecule has 27 heavy (non-hydrogen) atoms. The van der Waals surface area contributed by atoms with E-state index >= 15 is 0 Å². The second-order valence-electron chi connectivity index (χ2n) is 7.18. The number of nitrogens with one attached hydrogen (secondary N) is 1. The average Bonchev–Trinajstić information content (AvgIpc) is 2.97. The van der Waals surface area contributed by atoms with Gasteiger partial charge in [-0.25, -0.2) is 9.97 Å². The molecule has 0 saturated heterocycles. The lowest BCUT2D eigenvalue weighted by Gasteiger charge is -2.12. The molecule has 0 fully saturated rings. The van der Waals surface area contributed by atoms with E-state index in [1.165, 1.54) is 38.3 Å². The third-order valence-corrected chi connectivity index (χ3v) is 6.12. The van der Waals surface area contributed by atoms with Crippen molar-refractivity contribution in [1.29, 1.82) is 0 Å². The Balaban J connectivity index is 1.92. The highest BCUT2D eigenvalue weighted by atomic mass is 32.1. The minimum atomic E-state index is 0.867. The topological polar surface area (TPSA) is 37.8 Å². The first-order valence-corrected chi connectivity index (χ1v) is 9.91. The van der Waals surface area contributed by atoms with Crippen LogP contribution in [0.25, 0.3) is 21.3 Å². The Morgan fingerprint density at radius 2 is 1.59 bits per heavy atom. The van der Waals surface area contributed by atoms with Crippen LogP contribution >= 0.6 is 11.3 Å². The third kappa shape index (κ3) is 3.21. The zero-order valence-corrected chi connectivity index (χ0v) is 17.2. The Labute approximate surface area is 164 Å². The quantitative estimate of drug-likeness (QED) is 0.437. The van der Waals surface area contributed by atoms with Gasteiger partial charge in [-0.15, -0.1) is 11.3 Å². The zero-order chi connectivity index (χ0) is 19.1. The van der Waals surface area contributed by atoms with Gasteiger partial charge in [-0.1, -0.05) is 30.3 Å². The molecule has 0 aliphatic carbocycles. The minimum Gasteiger partial charge on any atom is -0.339 e. The number of thiophene rings is 1. The van der Waals surface area contributed by atoms with Crippen molar-refractivity contribution in [3.8, 4) is 11.1 Å². The van der Waals surface area contributed by atoms with Gasteiger partial charge >= 0.3 is 0 Å². The number of fused-ring (bicyclic) bond motifs is 1. The molecule has 0 bridgehead atoms. The van der Waals surface area contributed by atoms with E-state index in [4.69, 9.17) is 0 Å². The Kier molecular flexibility index (Phi) is 4.44. The molecule has 3 nitrogen and oxygen atoms in total. The van der Waals surface area contributed by atoms with Crippen molar-refractivity contribution < 1.29 is 0 Å². The van der Waals surface area contributed by atoms with Crippen LogP contribution < -0.4 is 5.32 Å². The molecule has 0 saturated carbocycles. The van der Waals surface area contributed by atoms with Crippen molar-refractivity contribution in [1.82, 2.24) is 9.97 Å². The van der Waals surface area contributed by atoms with E-state index < -0.39 is 0 Å². The molecular weight excluding hydrogens is 350 g/mol. The lowest BCUT2D eigenvalue weighted by molar-refractivity contribution is 1.22. The van der Waals surface area contributed by atoms with E-state index in [0.29, 0.717) is 0 Å². The maximum absolute atomic E-state index is 4.60. The van der Waals surface area contributed by atoms with E-state index in [0.717, 1.165) is 21.7 Å². The summed E-state index contributed by atoms with van der Waals surface area (Å²) in [6.07, 6.45) is 1.65. The van der Waals surface area contributed by atoms with Gasteiger partial charge in [0.2, 0.25) is 0 Å². The van der Waals surface area contributed by atoms with Gasteiger partial charge < -0.3 is 5.32 Å². The lowest BCUT2D eigenvalue weighted by Crippen LogP contribution is -1.98. The summed E-state index contributed by atoms with van der Waals surface area (Å²) in [5, 5.41) is 4.66. The van der Waals surface area contributed by atoms with Crippen LogP contribution in [0.2, 0.25) is 0 Å². The molecule has 4 heteroatoms. The molecular formula is C23H23N3S. The SMILES string of the molecule is Cc1ccc(C)c(Nc2ncnc3sc(C)c(-c4ccc(C)c(C)c4)c23)c1. The lowest BCUT2D eigenvalue weighted by atomic mass is 9.99. The molecule has 4 rings (SSSR count). The van der Waals surface area contributed by atoms with Crippen LogP contribution in [0.5, 0.6) is 0 Å². The van der Waals surface area contributed by atoms with Crippen LogP contribution in [-0.4, -0.2) is 9.97 Å². The number of aromatic nitrogens is 2. The van der Waals surface area contributed by atoms with E-state index in [1.807, 2.05) is 0 Å². The normalized spacial score (nSPS) is 11.1. The molecule has 0 unspecified atom stereocenters. The van der Waals surface area contributed by atoms with Crippen LogP contribution in [-0.2, 0) is 0 Å². The molecule has 2 heterocycles. The van der Waals surface area contributed by atoms with Crippen LogP contribution in [0.1, 0.15) is 27.1 Å². The average molecular weight is 374 g/mol. The zero-order valence-electron chi connectivity index (χ0n) is 16.3. The fourth-order valence-corrected chi connectivity index (χ4v) is 4.39. The summed E-state index contributed by atoms with van der Waals surface area (Å²) >= 11 is 1.72. The van der Waals surface area contributed by atoms with Gasteiger partial charge in [0.15, 0.2) is 0 Å². The summed E-state index contributed by atoms with van der Waals surface area (Å²) in [5.41, 5.74) is 8.57. The van der Waals surface area contributed by atoms with Gasteiger partial charge in [-0.2, -0.15) is 0 Å². The van der Waals surface area contributed by atoms with Crippen molar-refractivity contribution in [2.75, 3.05) is 5.32 Å². The van der Waals surface area contributed by atoms with Crippen LogP contribution in [0, 0.1) is 34.6 Å². The molecule has 0 radical (unpaired) electrons. The molecule has 2 aromatic carbocycles. The molecule has 0 amide bonds. The summed E-state index contributed by atoms with van der Waals surface area (Å²) in [6.45, 7) is 10.7.